The molecule has 0 aliphatic rings. The van der Waals surface area contributed by atoms with Crippen LogP contribution in [0.4, 0.5) is 11.5 Å². The van der Waals surface area contributed by atoms with Gasteiger partial charge >= 0.3 is 0 Å². The Morgan fingerprint density at radius 2 is 2.11 bits per heavy atom. The maximum Gasteiger partial charge on any atom is 0.138 e. The molecule has 1 aromatic heterocycles. The molecule has 6 heteroatoms. The van der Waals surface area contributed by atoms with Gasteiger partial charge in [0.2, 0.25) is 0 Å². The number of hydrogen-bond acceptors (Lipinski definition) is 4. The molecule has 0 saturated heterocycles. The van der Waals surface area contributed by atoms with Crippen molar-refractivity contribution >= 4 is 39.0 Å². The van der Waals surface area contributed by atoms with Gasteiger partial charge in [-0.05, 0) is 35.0 Å². The molecule has 1 aromatic carbocycles. The number of halogens is 2. The summed E-state index contributed by atoms with van der Waals surface area (Å²) in [6.45, 7) is 1.86. The Balaban J connectivity index is 2.31. The van der Waals surface area contributed by atoms with Crippen molar-refractivity contribution in [2.45, 2.75) is 6.92 Å². The Morgan fingerprint density at radius 1 is 1.33 bits per heavy atom. The first-order valence-corrected chi connectivity index (χ1v) is 6.36. The summed E-state index contributed by atoms with van der Waals surface area (Å²) in [6.07, 6.45) is 1.42. The van der Waals surface area contributed by atoms with E-state index in [2.05, 4.69) is 31.2 Å². The van der Waals surface area contributed by atoms with Crippen LogP contribution in [0.25, 0.3) is 0 Å². The maximum absolute atomic E-state index is 5.94. The van der Waals surface area contributed by atoms with Crippen molar-refractivity contribution in [3.63, 3.8) is 0 Å². The number of rotatable bonds is 3. The molecule has 1 N–H and O–H groups in total. The smallest absolute Gasteiger partial charge is 0.138 e. The van der Waals surface area contributed by atoms with Crippen molar-refractivity contribution in [2.75, 3.05) is 12.4 Å². The van der Waals surface area contributed by atoms with Crippen LogP contribution in [0.5, 0.6) is 5.75 Å². The zero-order chi connectivity index (χ0) is 13.1. The predicted molar refractivity (Wildman–Crippen MR) is 75.8 cm³/mol. The minimum absolute atomic E-state index is 0.441. The summed E-state index contributed by atoms with van der Waals surface area (Å²) in [5.74, 6) is 1.43. The highest BCUT2D eigenvalue weighted by Gasteiger charge is 2.07. The zero-order valence-corrected chi connectivity index (χ0v) is 12.2. The third-order valence-electron chi connectivity index (χ3n) is 2.44. The van der Waals surface area contributed by atoms with Crippen LogP contribution in [-0.2, 0) is 0 Å². The molecule has 4 nitrogen and oxygen atoms in total. The van der Waals surface area contributed by atoms with E-state index in [4.69, 9.17) is 16.3 Å². The van der Waals surface area contributed by atoms with Gasteiger partial charge < -0.3 is 10.1 Å². The van der Waals surface area contributed by atoms with Crippen LogP contribution in [0.15, 0.2) is 29.0 Å². The van der Waals surface area contributed by atoms with Gasteiger partial charge in [-0.2, -0.15) is 0 Å². The number of benzene rings is 1. The summed E-state index contributed by atoms with van der Waals surface area (Å²) in [4.78, 5) is 8.06. The predicted octanol–water partition coefficient (Wildman–Crippen LogP) is 3.95. The number of nitrogens with zero attached hydrogens (tertiary/aromatic N) is 2. The van der Waals surface area contributed by atoms with E-state index in [9.17, 15) is 0 Å². The van der Waals surface area contributed by atoms with Gasteiger partial charge in [-0.3, -0.25) is 0 Å². The molecule has 1 heterocycles. The molecule has 0 amide bonds. The average Bonchev–Trinajstić information content (AvgIpc) is 2.37. The third kappa shape index (κ3) is 2.73. The topological polar surface area (TPSA) is 47.0 Å². The lowest BCUT2D eigenvalue weighted by Gasteiger charge is -2.10. The number of ether oxygens (including phenoxy) is 1. The van der Waals surface area contributed by atoms with Crippen LogP contribution < -0.4 is 10.1 Å². The molecule has 0 saturated carbocycles. The SMILES string of the molecule is COc1cc(Nc2ncnc(Cl)c2C)ccc1Br. The molecule has 18 heavy (non-hydrogen) atoms. The van der Waals surface area contributed by atoms with E-state index >= 15 is 0 Å². The number of anilines is 2. The molecular weight excluding hydrogens is 318 g/mol. The Morgan fingerprint density at radius 3 is 2.83 bits per heavy atom. The van der Waals surface area contributed by atoms with Gasteiger partial charge in [-0.15, -0.1) is 0 Å². The van der Waals surface area contributed by atoms with E-state index in [1.807, 2.05) is 25.1 Å². The van der Waals surface area contributed by atoms with E-state index in [1.54, 1.807) is 7.11 Å². The fourth-order valence-corrected chi connectivity index (χ4v) is 1.97. The minimum atomic E-state index is 0.441. The summed E-state index contributed by atoms with van der Waals surface area (Å²) in [6, 6.07) is 5.70. The monoisotopic (exact) mass is 327 g/mol. The standard InChI is InChI=1S/C12H11BrClN3O/c1-7-11(14)15-6-16-12(7)17-8-3-4-9(13)10(5-8)18-2/h3-6H,1-2H3,(H,15,16,17). The zero-order valence-electron chi connectivity index (χ0n) is 9.87. The number of hydrogen-bond donors (Lipinski definition) is 1. The van der Waals surface area contributed by atoms with E-state index in [1.165, 1.54) is 6.33 Å². The van der Waals surface area contributed by atoms with Crippen molar-refractivity contribution < 1.29 is 4.74 Å². The van der Waals surface area contributed by atoms with Crippen LogP contribution in [0.1, 0.15) is 5.56 Å². The van der Waals surface area contributed by atoms with Gasteiger partial charge in [0.05, 0.1) is 11.6 Å². The second-order valence-electron chi connectivity index (χ2n) is 3.61. The minimum Gasteiger partial charge on any atom is -0.495 e. The Labute approximate surface area is 118 Å². The summed E-state index contributed by atoms with van der Waals surface area (Å²) in [7, 11) is 1.62. The van der Waals surface area contributed by atoms with Crippen molar-refractivity contribution in [3.05, 3.63) is 39.7 Å². The molecule has 0 aliphatic heterocycles. The lowest BCUT2D eigenvalue weighted by molar-refractivity contribution is 0.412. The van der Waals surface area contributed by atoms with E-state index in [0.29, 0.717) is 11.0 Å². The van der Waals surface area contributed by atoms with E-state index in [0.717, 1.165) is 21.5 Å². The summed E-state index contributed by atoms with van der Waals surface area (Å²) >= 11 is 9.34. The van der Waals surface area contributed by atoms with Gasteiger partial charge in [0, 0.05) is 17.3 Å². The van der Waals surface area contributed by atoms with Crippen LogP contribution in [0.2, 0.25) is 5.15 Å². The molecule has 2 aromatic rings. The fourth-order valence-electron chi connectivity index (χ4n) is 1.43. The lowest BCUT2D eigenvalue weighted by Crippen LogP contribution is -1.98. The first kappa shape index (κ1) is 13.1. The fraction of sp³-hybridized carbons (Fsp3) is 0.167. The molecule has 0 bridgehead atoms. The third-order valence-corrected chi connectivity index (χ3v) is 3.47. The van der Waals surface area contributed by atoms with Crippen molar-refractivity contribution in [2.24, 2.45) is 0 Å². The summed E-state index contributed by atoms with van der Waals surface area (Å²) in [5.41, 5.74) is 1.67. The highest BCUT2D eigenvalue weighted by atomic mass is 79.9. The van der Waals surface area contributed by atoms with Crippen molar-refractivity contribution in [3.8, 4) is 5.75 Å². The van der Waals surface area contributed by atoms with Gasteiger partial charge in [-0.1, -0.05) is 11.6 Å². The Bertz CT molecular complexity index is 577. The summed E-state index contributed by atoms with van der Waals surface area (Å²) in [5, 5.41) is 3.62. The van der Waals surface area contributed by atoms with Crippen molar-refractivity contribution in [1.82, 2.24) is 9.97 Å². The van der Waals surface area contributed by atoms with Gasteiger partial charge in [0.25, 0.3) is 0 Å². The first-order chi connectivity index (χ1) is 8.61. The van der Waals surface area contributed by atoms with Crippen LogP contribution in [0.3, 0.4) is 0 Å². The van der Waals surface area contributed by atoms with Crippen LogP contribution >= 0.6 is 27.5 Å². The first-order valence-electron chi connectivity index (χ1n) is 5.19. The van der Waals surface area contributed by atoms with Gasteiger partial charge in [0.15, 0.2) is 0 Å². The second kappa shape index (κ2) is 5.54. The highest BCUT2D eigenvalue weighted by Crippen LogP contribution is 2.30. The molecule has 94 valence electrons. The van der Waals surface area contributed by atoms with Crippen LogP contribution in [-0.4, -0.2) is 17.1 Å². The molecule has 0 fully saturated rings. The van der Waals surface area contributed by atoms with E-state index < -0.39 is 0 Å². The Hall–Kier alpha value is -1.33. The quantitative estimate of drug-likeness (QED) is 0.867. The molecule has 2 rings (SSSR count). The normalized spacial score (nSPS) is 10.2. The largest absolute Gasteiger partial charge is 0.495 e. The highest BCUT2D eigenvalue weighted by molar-refractivity contribution is 9.10. The molecule has 0 unspecified atom stereocenters. The van der Waals surface area contributed by atoms with Gasteiger partial charge in [0.1, 0.15) is 23.0 Å². The average molecular weight is 329 g/mol. The van der Waals surface area contributed by atoms with Gasteiger partial charge in [-0.25, -0.2) is 9.97 Å². The second-order valence-corrected chi connectivity index (χ2v) is 4.82. The summed E-state index contributed by atoms with van der Waals surface area (Å²) < 4.78 is 6.13. The molecule has 0 spiro atoms. The van der Waals surface area contributed by atoms with Crippen LogP contribution in [0, 0.1) is 6.92 Å². The molecule has 0 radical (unpaired) electrons. The molecular formula is C12H11BrClN3O. The number of aromatic nitrogens is 2. The van der Waals surface area contributed by atoms with Crippen molar-refractivity contribution in [1.29, 1.82) is 0 Å². The number of nitrogens with one attached hydrogen (secondary N) is 1. The maximum atomic E-state index is 5.94. The Kier molecular flexibility index (Phi) is 4.04. The van der Waals surface area contributed by atoms with E-state index in [-0.39, 0.29) is 0 Å². The number of methoxy groups -OCH3 is 1. The molecule has 0 aliphatic carbocycles. The lowest BCUT2D eigenvalue weighted by atomic mass is 10.3. The molecule has 0 atom stereocenters.